The van der Waals surface area contributed by atoms with Crippen molar-refractivity contribution in [3.8, 4) is 5.75 Å². The van der Waals surface area contributed by atoms with Crippen LogP contribution >= 0.6 is 28.3 Å². The molecule has 0 spiro atoms. The molecule has 0 bridgehead atoms. The Morgan fingerprint density at radius 3 is 2.27 bits per heavy atom. The van der Waals surface area contributed by atoms with Gasteiger partial charge >= 0.3 is 5.97 Å². The number of methoxy groups -OCH3 is 1. The van der Waals surface area contributed by atoms with E-state index >= 15 is 0 Å². The first kappa shape index (κ1) is 32.9. The largest absolute Gasteiger partial charge is 0.496 e. The summed E-state index contributed by atoms with van der Waals surface area (Å²) >= 11 is 3.41. The first-order valence-corrected chi connectivity index (χ1v) is 15.3. The van der Waals surface area contributed by atoms with Crippen LogP contribution in [0.2, 0.25) is 0 Å². The number of carbonyl (C=O) groups is 2. The molecule has 7 nitrogen and oxygen atoms in total. The normalized spacial score (nSPS) is 12.7. The van der Waals surface area contributed by atoms with Crippen LogP contribution < -0.4 is 20.1 Å². The third kappa shape index (κ3) is 7.73. The van der Waals surface area contributed by atoms with Gasteiger partial charge in [0.1, 0.15) is 11.3 Å². The molecule has 5 rings (SSSR count). The van der Waals surface area contributed by atoms with Gasteiger partial charge in [0.05, 0.1) is 30.6 Å². The van der Waals surface area contributed by atoms with Gasteiger partial charge in [-0.15, -0.1) is 12.4 Å². The maximum atomic E-state index is 14.3. The van der Waals surface area contributed by atoms with Gasteiger partial charge < -0.3 is 14.7 Å². The van der Waals surface area contributed by atoms with Crippen molar-refractivity contribution in [1.29, 1.82) is 0 Å². The number of rotatable bonds is 10. The number of ether oxygens (including phenoxy) is 1. The molecule has 0 atom stereocenters. The second kappa shape index (κ2) is 15.1. The first-order chi connectivity index (χ1) is 20.8. The van der Waals surface area contributed by atoms with Crippen molar-refractivity contribution in [3.05, 3.63) is 117 Å². The third-order valence-corrected chi connectivity index (χ3v) is 8.20. The first-order valence-electron chi connectivity index (χ1n) is 14.5. The van der Waals surface area contributed by atoms with E-state index in [2.05, 4.69) is 56.6 Å². The van der Waals surface area contributed by atoms with Gasteiger partial charge in [0, 0.05) is 23.1 Å². The van der Waals surface area contributed by atoms with Gasteiger partial charge in [0.25, 0.3) is 0 Å². The Labute approximate surface area is 273 Å². The molecule has 0 aromatic heterocycles. The monoisotopic (exact) mass is 677 g/mol. The molecule has 0 radical (unpaired) electrons. The van der Waals surface area contributed by atoms with Crippen LogP contribution in [0.4, 0.5) is 17.1 Å². The zero-order valence-electron chi connectivity index (χ0n) is 24.9. The molecule has 1 heterocycles. The lowest BCUT2D eigenvalue weighted by Gasteiger charge is -2.35. The highest BCUT2D eigenvalue weighted by Crippen LogP contribution is 2.36. The van der Waals surface area contributed by atoms with E-state index in [9.17, 15) is 14.7 Å². The number of aromatic carboxylic acids is 1. The fraction of sp³-hybridized carbons (Fsp3) is 0.257. The molecule has 0 saturated carbocycles. The highest BCUT2D eigenvalue weighted by atomic mass is 79.9. The molecule has 4 aromatic carbocycles. The number of nitrogens with one attached hydrogen (secondary N) is 1. The maximum absolute atomic E-state index is 14.3. The topological polar surface area (TPSA) is 82.1 Å². The van der Waals surface area contributed by atoms with Gasteiger partial charge in [0.2, 0.25) is 5.91 Å². The van der Waals surface area contributed by atoms with Crippen molar-refractivity contribution < 1.29 is 19.4 Å². The number of carboxylic acids is 1. The SMILES string of the molecule is COc1c(CC(=O)N(Nc2ccc(Cc3ccccc3)cc2)c2c(C)cccc2N2CCCCC2)cc(Br)cc1C(=O)O.Cl. The molecule has 230 valence electrons. The molecule has 2 N–H and O–H groups in total. The molecule has 1 aliphatic heterocycles. The number of hydrogen-bond donors (Lipinski definition) is 2. The van der Waals surface area contributed by atoms with E-state index in [1.165, 1.54) is 30.7 Å². The quantitative estimate of drug-likeness (QED) is 0.165. The summed E-state index contributed by atoms with van der Waals surface area (Å²) in [7, 11) is 1.42. The van der Waals surface area contributed by atoms with Crippen molar-refractivity contribution in [2.75, 3.05) is 35.5 Å². The number of carbonyl (C=O) groups excluding carboxylic acids is 1. The van der Waals surface area contributed by atoms with Crippen LogP contribution in [0.5, 0.6) is 5.75 Å². The Bertz CT molecular complexity index is 1590. The lowest BCUT2D eigenvalue weighted by Crippen LogP contribution is -2.40. The van der Waals surface area contributed by atoms with E-state index in [0.29, 0.717) is 10.0 Å². The minimum Gasteiger partial charge on any atom is -0.496 e. The van der Waals surface area contributed by atoms with Crippen LogP contribution in [0.25, 0.3) is 0 Å². The molecular formula is C35H37BrClN3O4. The second-order valence-electron chi connectivity index (χ2n) is 10.8. The maximum Gasteiger partial charge on any atom is 0.339 e. The number of hydrogen-bond acceptors (Lipinski definition) is 5. The number of aryl methyl sites for hydroxylation is 1. The van der Waals surface area contributed by atoms with E-state index in [1.807, 2.05) is 49.4 Å². The predicted octanol–water partition coefficient (Wildman–Crippen LogP) is 8.07. The molecule has 0 aliphatic carbocycles. The summed E-state index contributed by atoms with van der Waals surface area (Å²) in [6, 6.07) is 27.7. The predicted molar refractivity (Wildman–Crippen MR) is 183 cm³/mol. The molecule has 1 fully saturated rings. The number of nitrogens with zero attached hydrogens (tertiary/aromatic N) is 2. The van der Waals surface area contributed by atoms with Crippen LogP contribution in [-0.2, 0) is 17.6 Å². The molecular weight excluding hydrogens is 642 g/mol. The third-order valence-electron chi connectivity index (χ3n) is 7.74. The smallest absolute Gasteiger partial charge is 0.339 e. The van der Waals surface area contributed by atoms with Crippen LogP contribution in [0.15, 0.2) is 89.4 Å². The molecule has 1 amide bonds. The highest BCUT2D eigenvalue weighted by Gasteiger charge is 2.27. The number of halogens is 2. The second-order valence-corrected chi connectivity index (χ2v) is 11.7. The number of anilines is 3. The van der Waals surface area contributed by atoms with Crippen molar-refractivity contribution in [2.45, 2.75) is 39.0 Å². The summed E-state index contributed by atoms with van der Waals surface area (Å²) in [6.07, 6.45) is 4.14. The number of benzene rings is 4. The Morgan fingerprint density at radius 2 is 1.61 bits per heavy atom. The van der Waals surface area contributed by atoms with Crippen molar-refractivity contribution >= 4 is 57.3 Å². The van der Waals surface area contributed by atoms with Crippen molar-refractivity contribution in [1.82, 2.24) is 0 Å². The van der Waals surface area contributed by atoms with Crippen LogP contribution in [0.3, 0.4) is 0 Å². The van der Waals surface area contributed by atoms with E-state index in [4.69, 9.17) is 4.74 Å². The van der Waals surface area contributed by atoms with Gasteiger partial charge in [-0.3, -0.25) is 10.2 Å². The van der Waals surface area contributed by atoms with E-state index in [0.717, 1.165) is 55.0 Å². The summed E-state index contributed by atoms with van der Waals surface area (Å²) < 4.78 is 6.06. The van der Waals surface area contributed by atoms with Gasteiger partial charge in [-0.05, 0) is 79.6 Å². The summed E-state index contributed by atoms with van der Waals surface area (Å²) in [4.78, 5) is 28.6. The van der Waals surface area contributed by atoms with Gasteiger partial charge in [-0.1, -0.05) is 70.5 Å². The summed E-state index contributed by atoms with van der Waals surface area (Å²) in [6.45, 7) is 3.86. The Balaban J connectivity index is 0.00000442. The Hall–Kier alpha value is -4.01. The molecule has 44 heavy (non-hydrogen) atoms. The zero-order valence-corrected chi connectivity index (χ0v) is 27.3. The molecule has 4 aromatic rings. The number of carboxylic acid groups (broad SMARTS) is 1. The minimum atomic E-state index is -1.12. The van der Waals surface area contributed by atoms with Crippen molar-refractivity contribution in [2.24, 2.45) is 0 Å². The molecule has 1 saturated heterocycles. The number of piperidine rings is 1. The lowest BCUT2D eigenvalue weighted by molar-refractivity contribution is -0.117. The zero-order chi connectivity index (χ0) is 30.3. The van der Waals surface area contributed by atoms with E-state index in [1.54, 1.807) is 11.1 Å². The number of amides is 1. The molecule has 1 aliphatic rings. The van der Waals surface area contributed by atoms with Crippen LogP contribution in [0, 0.1) is 6.92 Å². The fourth-order valence-electron chi connectivity index (χ4n) is 5.65. The fourth-order valence-corrected chi connectivity index (χ4v) is 6.15. The summed E-state index contributed by atoms with van der Waals surface area (Å²) in [5, 5.41) is 11.4. The van der Waals surface area contributed by atoms with Gasteiger partial charge in [0.15, 0.2) is 0 Å². The molecule has 9 heteroatoms. The van der Waals surface area contributed by atoms with E-state index in [-0.39, 0.29) is 36.0 Å². The minimum absolute atomic E-state index is 0. The number of hydrazine groups is 1. The number of para-hydroxylation sites is 1. The highest BCUT2D eigenvalue weighted by molar-refractivity contribution is 9.10. The van der Waals surface area contributed by atoms with Crippen LogP contribution in [0.1, 0.15) is 51.9 Å². The average molecular weight is 679 g/mol. The Kier molecular flexibility index (Phi) is 11.3. The summed E-state index contributed by atoms with van der Waals surface area (Å²) in [5.41, 5.74) is 9.79. The standard InChI is InChI=1S/C35H36BrN3O4.ClH/c1-24-10-9-13-31(38-18-7-4-8-19-38)33(24)39(32(40)22-27-21-28(36)23-30(35(41)42)34(27)43-2)37-29-16-14-26(15-17-29)20-25-11-5-3-6-12-25;/h3,5-6,9-17,21,23,37H,4,7-8,18-20,22H2,1-2H3,(H,41,42);1H. The van der Waals surface area contributed by atoms with Gasteiger partial charge in [-0.25, -0.2) is 9.80 Å². The Morgan fingerprint density at radius 1 is 0.932 bits per heavy atom. The van der Waals surface area contributed by atoms with E-state index < -0.39 is 5.97 Å². The van der Waals surface area contributed by atoms with Gasteiger partial charge in [-0.2, -0.15) is 0 Å². The lowest BCUT2D eigenvalue weighted by atomic mass is 10.0. The van der Waals surface area contributed by atoms with Crippen LogP contribution in [-0.4, -0.2) is 37.2 Å². The molecule has 0 unspecified atom stereocenters. The average Bonchev–Trinajstić information content (AvgIpc) is 3.01. The van der Waals surface area contributed by atoms with Crippen molar-refractivity contribution in [3.63, 3.8) is 0 Å². The summed E-state index contributed by atoms with van der Waals surface area (Å²) in [5.74, 6) is -1.19.